The van der Waals surface area contributed by atoms with Gasteiger partial charge in [0.1, 0.15) is 17.3 Å². The number of pyridine rings is 1. The van der Waals surface area contributed by atoms with Crippen molar-refractivity contribution in [2.75, 3.05) is 18.4 Å². The molecule has 1 fully saturated rings. The zero-order chi connectivity index (χ0) is 20.2. The quantitative estimate of drug-likeness (QED) is 0.634. The molecule has 0 atom stereocenters. The van der Waals surface area contributed by atoms with Gasteiger partial charge in [-0.1, -0.05) is 6.42 Å². The summed E-state index contributed by atoms with van der Waals surface area (Å²) in [6, 6.07) is 12.6. The topological polar surface area (TPSA) is 80.2 Å². The Balaban J connectivity index is 0.000000211. The van der Waals surface area contributed by atoms with E-state index in [0.29, 0.717) is 17.9 Å². The lowest BCUT2D eigenvalue weighted by atomic mass is 10.1. The molecule has 1 amide bonds. The zero-order valence-electron chi connectivity index (χ0n) is 16.3. The van der Waals surface area contributed by atoms with Crippen molar-refractivity contribution in [2.45, 2.75) is 25.8 Å². The maximum Gasteiger partial charge on any atom is 0.211 e. The summed E-state index contributed by atoms with van der Waals surface area (Å²) in [5.41, 5.74) is 0.730. The van der Waals surface area contributed by atoms with Crippen molar-refractivity contribution < 1.29 is 11.0 Å². The van der Waals surface area contributed by atoms with Gasteiger partial charge in [0.15, 0.2) is 0 Å². The number of hydrogen-bond acceptors (Lipinski definition) is 6. The van der Waals surface area contributed by atoms with Crippen LogP contribution in [0.25, 0.3) is 0 Å². The van der Waals surface area contributed by atoms with Gasteiger partial charge in [-0.2, -0.15) is 0 Å². The number of ether oxygens (including phenoxy) is 1. The van der Waals surface area contributed by atoms with Gasteiger partial charge in [-0.05, 0) is 68.4 Å². The Labute approximate surface area is 172 Å². The summed E-state index contributed by atoms with van der Waals surface area (Å²) in [7, 11) is 0. The summed E-state index contributed by atoms with van der Waals surface area (Å²) in [5, 5.41) is 2.55. The number of likely N-dealkylation sites (tertiary alicyclic amines) is 1. The van der Waals surface area contributed by atoms with Crippen molar-refractivity contribution in [1.29, 1.82) is 0 Å². The van der Waals surface area contributed by atoms with E-state index in [1.807, 2.05) is 24.5 Å². The molecule has 152 valence electrons. The molecule has 1 aliphatic heterocycles. The monoisotopic (exact) mass is 393 g/mol. The van der Waals surface area contributed by atoms with Gasteiger partial charge in [0, 0.05) is 25.7 Å². The lowest BCUT2D eigenvalue weighted by Gasteiger charge is -2.25. The fourth-order valence-electron chi connectivity index (χ4n) is 2.96. The number of benzene rings is 1. The van der Waals surface area contributed by atoms with E-state index < -0.39 is 0 Å². The molecular formula is C22H27N5O2. The minimum absolute atomic E-state index is 0. The van der Waals surface area contributed by atoms with Crippen molar-refractivity contribution in [3.8, 4) is 11.5 Å². The molecule has 1 aliphatic rings. The maximum absolute atomic E-state index is 10.2. The minimum Gasteiger partial charge on any atom is -0.456 e. The summed E-state index contributed by atoms with van der Waals surface area (Å²) in [6.45, 7) is 3.33. The summed E-state index contributed by atoms with van der Waals surface area (Å²) < 4.78 is 5.53. The number of nitrogens with one attached hydrogen (secondary N) is 1. The van der Waals surface area contributed by atoms with Gasteiger partial charge in [0.05, 0.1) is 12.7 Å². The third kappa shape index (κ3) is 7.31. The van der Waals surface area contributed by atoms with Crippen LogP contribution in [0.4, 0.5) is 5.69 Å². The van der Waals surface area contributed by atoms with Gasteiger partial charge >= 0.3 is 0 Å². The molecule has 1 N–H and O–H groups in total. The molecule has 2 aromatic heterocycles. The first kappa shape index (κ1) is 20.4. The molecular weight excluding hydrogens is 366 g/mol. The molecule has 0 radical (unpaired) electrons. The van der Waals surface area contributed by atoms with E-state index in [9.17, 15) is 4.79 Å². The first-order chi connectivity index (χ1) is 14.3. The van der Waals surface area contributed by atoms with E-state index in [-0.39, 0.29) is 1.43 Å². The van der Waals surface area contributed by atoms with Crippen molar-refractivity contribution >= 4 is 12.1 Å². The second kappa shape index (κ2) is 11.5. The highest BCUT2D eigenvalue weighted by Crippen LogP contribution is 2.21. The van der Waals surface area contributed by atoms with E-state index in [4.69, 9.17) is 4.74 Å². The van der Waals surface area contributed by atoms with Gasteiger partial charge in [-0.15, -0.1) is 0 Å². The predicted molar refractivity (Wildman–Crippen MR) is 114 cm³/mol. The van der Waals surface area contributed by atoms with Gasteiger partial charge in [-0.3, -0.25) is 14.7 Å². The van der Waals surface area contributed by atoms with Crippen LogP contribution < -0.4 is 10.1 Å². The van der Waals surface area contributed by atoms with Gasteiger partial charge in [0.2, 0.25) is 6.41 Å². The van der Waals surface area contributed by atoms with E-state index in [1.54, 1.807) is 42.7 Å². The van der Waals surface area contributed by atoms with Gasteiger partial charge < -0.3 is 10.1 Å². The van der Waals surface area contributed by atoms with Crippen LogP contribution >= 0.6 is 0 Å². The standard InChI is InChI=1S/C12H10N2O2.C10H15N3.H2/c15-9-14-10-3-5-11(6-4-10)16-12-2-1-7-13-8-12;1-2-7-13(8-3-1)9-10-11-5-4-6-12-10;/h1-9H,(H,14,15);4-6H,1-3,7-9H2;1H. The number of aromatic nitrogens is 3. The second-order valence-corrected chi connectivity index (χ2v) is 6.58. The Hall–Kier alpha value is -3.32. The molecule has 4 rings (SSSR count). The largest absolute Gasteiger partial charge is 0.456 e. The summed E-state index contributed by atoms with van der Waals surface area (Å²) in [4.78, 5) is 25.0. The number of nitrogens with zero attached hydrogens (tertiary/aromatic N) is 4. The highest BCUT2D eigenvalue weighted by molar-refractivity contribution is 5.71. The van der Waals surface area contributed by atoms with Crippen molar-refractivity contribution in [1.82, 2.24) is 19.9 Å². The number of carbonyl (C=O) groups excluding carboxylic acids is 1. The van der Waals surface area contributed by atoms with Crippen LogP contribution in [0, 0.1) is 0 Å². The molecule has 3 aromatic rings. The van der Waals surface area contributed by atoms with Crippen LogP contribution in [0.2, 0.25) is 0 Å². The molecule has 1 aromatic carbocycles. The Morgan fingerprint density at radius 2 is 1.72 bits per heavy atom. The van der Waals surface area contributed by atoms with Gasteiger partial charge in [-0.25, -0.2) is 9.97 Å². The van der Waals surface area contributed by atoms with Crippen LogP contribution in [0.5, 0.6) is 11.5 Å². The lowest BCUT2D eigenvalue weighted by molar-refractivity contribution is -0.105. The average molecular weight is 393 g/mol. The van der Waals surface area contributed by atoms with Crippen molar-refractivity contribution in [3.05, 3.63) is 73.1 Å². The Morgan fingerprint density at radius 1 is 0.966 bits per heavy atom. The molecule has 0 spiro atoms. The molecule has 7 heteroatoms. The molecule has 0 saturated carbocycles. The Kier molecular flexibility index (Phi) is 8.10. The third-order valence-corrected chi connectivity index (χ3v) is 4.38. The number of rotatable bonds is 6. The van der Waals surface area contributed by atoms with Crippen LogP contribution in [-0.4, -0.2) is 39.4 Å². The van der Waals surface area contributed by atoms with E-state index in [1.165, 1.54) is 32.4 Å². The molecule has 7 nitrogen and oxygen atoms in total. The van der Waals surface area contributed by atoms with Crippen LogP contribution in [-0.2, 0) is 11.3 Å². The second-order valence-electron chi connectivity index (χ2n) is 6.58. The summed E-state index contributed by atoms with van der Waals surface area (Å²) >= 11 is 0. The molecule has 0 aliphatic carbocycles. The smallest absolute Gasteiger partial charge is 0.211 e. The molecule has 29 heavy (non-hydrogen) atoms. The first-order valence-corrected chi connectivity index (χ1v) is 9.70. The highest BCUT2D eigenvalue weighted by Gasteiger charge is 2.10. The van der Waals surface area contributed by atoms with E-state index >= 15 is 0 Å². The first-order valence-electron chi connectivity index (χ1n) is 9.70. The fraction of sp³-hybridized carbons (Fsp3) is 0.273. The SMILES string of the molecule is O=CNc1ccc(Oc2cccnc2)cc1.[HH].c1cnc(CN2CCCCC2)nc1. The van der Waals surface area contributed by atoms with Crippen molar-refractivity contribution in [2.24, 2.45) is 0 Å². The Morgan fingerprint density at radius 3 is 2.38 bits per heavy atom. The summed E-state index contributed by atoms with van der Waals surface area (Å²) in [6.07, 6.45) is 11.6. The average Bonchev–Trinajstić information content (AvgIpc) is 2.78. The summed E-state index contributed by atoms with van der Waals surface area (Å²) in [5.74, 6) is 2.33. The van der Waals surface area contributed by atoms with Gasteiger partial charge in [0.25, 0.3) is 0 Å². The fourth-order valence-corrected chi connectivity index (χ4v) is 2.96. The zero-order valence-corrected chi connectivity index (χ0v) is 16.3. The molecule has 0 bridgehead atoms. The minimum atomic E-state index is 0. The molecule has 0 unspecified atom stereocenters. The van der Waals surface area contributed by atoms with E-state index in [2.05, 4.69) is 25.2 Å². The highest BCUT2D eigenvalue weighted by atomic mass is 16.5. The molecule has 3 heterocycles. The number of anilines is 1. The number of piperidine rings is 1. The normalized spacial score (nSPS) is 13.7. The number of hydrogen-bond donors (Lipinski definition) is 1. The maximum atomic E-state index is 10.2. The lowest BCUT2D eigenvalue weighted by Crippen LogP contribution is -2.29. The number of carbonyl (C=O) groups is 1. The van der Waals surface area contributed by atoms with Crippen LogP contribution in [0.15, 0.2) is 67.3 Å². The third-order valence-electron chi connectivity index (χ3n) is 4.38. The predicted octanol–water partition coefficient (Wildman–Crippen LogP) is 4.15. The molecule has 1 saturated heterocycles. The van der Waals surface area contributed by atoms with Crippen LogP contribution in [0.1, 0.15) is 26.5 Å². The number of amides is 1. The van der Waals surface area contributed by atoms with E-state index in [0.717, 1.165) is 18.1 Å². The van der Waals surface area contributed by atoms with Crippen molar-refractivity contribution in [3.63, 3.8) is 0 Å². The Bertz CT molecular complexity index is 844. The van der Waals surface area contributed by atoms with Crippen LogP contribution in [0.3, 0.4) is 0 Å².